The van der Waals surface area contributed by atoms with Gasteiger partial charge in [-0.2, -0.15) is 0 Å². The lowest BCUT2D eigenvalue weighted by Crippen LogP contribution is -2.37. The number of thiophene rings is 1. The second-order valence-corrected chi connectivity index (χ2v) is 6.81. The van der Waals surface area contributed by atoms with E-state index in [-0.39, 0.29) is 11.8 Å². The first-order valence-corrected chi connectivity index (χ1v) is 8.69. The third-order valence-electron chi connectivity index (χ3n) is 4.10. The van der Waals surface area contributed by atoms with Gasteiger partial charge in [0.25, 0.3) is 5.91 Å². The summed E-state index contributed by atoms with van der Waals surface area (Å²) < 4.78 is 0. The molecule has 0 bridgehead atoms. The Morgan fingerprint density at radius 3 is 2.78 bits per heavy atom. The Morgan fingerprint density at radius 2 is 2.00 bits per heavy atom. The first-order chi connectivity index (χ1) is 11.1. The summed E-state index contributed by atoms with van der Waals surface area (Å²) in [6.07, 6.45) is 1.28. The number of aryl methyl sites for hydroxylation is 1. The lowest BCUT2D eigenvalue weighted by Gasteiger charge is -2.27. The third kappa shape index (κ3) is 3.79. The molecule has 2 amide bonds. The molecule has 2 aromatic rings. The summed E-state index contributed by atoms with van der Waals surface area (Å²) in [5, 5.41) is 4.90. The van der Waals surface area contributed by atoms with E-state index in [1.54, 1.807) is 23.5 Å². The van der Waals surface area contributed by atoms with Crippen LogP contribution in [0.4, 0.5) is 0 Å². The summed E-state index contributed by atoms with van der Waals surface area (Å²) in [6.45, 7) is 3.83. The molecule has 1 N–H and O–H groups in total. The fourth-order valence-corrected chi connectivity index (χ4v) is 3.60. The van der Waals surface area contributed by atoms with Gasteiger partial charge in [0, 0.05) is 36.5 Å². The number of amides is 2. The number of nitrogens with one attached hydrogen (secondary N) is 1. The van der Waals surface area contributed by atoms with E-state index in [4.69, 9.17) is 0 Å². The minimum absolute atomic E-state index is 0.103. The fourth-order valence-electron chi connectivity index (χ4n) is 2.71. The standard InChI is InChI=1S/C18H20N2O2S/c1-13-2-4-14(5-3-13)18(22)19-9-6-17(21)20-10-7-16-15(12-20)8-11-23-16/h2-5,8,11H,6-7,9-10,12H2,1H3,(H,19,22). The highest BCUT2D eigenvalue weighted by Crippen LogP contribution is 2.24. The van der Waals surface area contributed by atoms with E-state index >= 15 is 0 Å². The molecule has 1 aromatic heterocycles. The maximum absolute atomic E-state index is 12.3. The smallest absolute Gasteiger partial charge is 0.251 e. The van der Waals surface area contributed by atoms with Gasteiger partial charge < -0.3 is 10.2 Å². The molecular formula is C18H20N2O2S. The van der Waals surface area contributed by atoms with Crippen molar-refractivity contribution in [2.75, 3.05) is 13.1 Å². The number of fused-ring (bicyclic) bond motifs is 1. The summed E-state index contributed by atoms with van der Waals surface area (Å²) in [4.78, 5) is 27.6. The average Bonchev–Trinajstić information content (AvgIpc) is 3.02. The normalized spacial score (nSPS) is 13.5. The Morgan fingerprint density at radius 1 is 1.22 bits per heavy atom. The van der Waals surface area contributed by atoms with Crippen LogP contribution in [-0.4, -0.2) is 29.8 Å². The zero-order valence-electron chi connectivity index (χ0n) is 13.2. The molecule has 120 valence electrons. The quantitative estimate of drug-likeness (QED) is 0.938. The minimum atomic E-state index is -0.128. The zero-order valence-corrected chi connectivity index (χ0v) is 14.0. The number of rotatable bonds is 4. The summed E-state index contributed by atoms with van der Waals surface area (Å²) in [7, 11) is 0. The van der Waals surface area contributed by atoms with E-state index < -0.39 is 0 Å². The Hall–Kier alpha value is -2.14. The van der Waals surface area contributed by atoms with Crippen LogP contribution in [0.15, 0.2) is 35.7 Å². The van der Waals surface area contributed by atoms with Crippen molar-refractivity contribution in [3.8, 4) is 0 Å². The van der Waals surface area contributed by atoms with Gasteiger partial charge in [-0.05, 0) is 42.5 Å². The van der Waals surface area contributed by atoms with Crippen LogP contribution >= 0.6 is 11.3 Å². The van der Waals surface area contributed by atoms with Gasteiger partial charge in [0.2, 0.25) is 5.91 Å². The molecule has 0 fully saturated rings. The van der Waals surface area contributed by atoms with Crippen LogP contribution in [-0.2, 0) is 17.8 Å². The minimum Gasteiger partial charge on any atom is -0.352 e. The van der Waals surface area contributed by atoms with Crippen molar-refractivity contribution in [1.29, 1.82) is 0 Å². The molecule has 0 saturated carbocycles. The van der Waals surface area contributed by atoms with Gasteiger partial charge in [0.1, 0.15) is 0 Å². The van der Waals surface area contributed by atoms with Crippen LogP contribution in [0.3, 0.4) is 0 Å². The lowest BCUT2D eigenvalue weighted by atomic mass is 10.1. The van der Waals surface area contributed by atoms with Gasteiger partial charge in [-0.1, -0.05) is 17.7 Å². The van der Waals surface area contributed by atoms with E-state index in [2.05, 4.69) is 16.8 Å². The molecule has 5 heteroatoms. The van der Waals surface area contributed by atoms with Crippen LogP contribution in [0.5, 0.6) is 0 Å². The Balaban J connectivity index is 1.46. The van der Waals surface area contributed by atoms with Gasteiger partial charge >= 0.3 is 0 Å². The van der Waals surface area contributed by atoms with E-state index in [1.807, 2.05) is 24.0 Å². The Labute approximate surface area is 140 Å². The van der Waals surface area contributed by atoms with Crippen molar-refractivity contribution in [2.24, 2.45) is 0 Å². The van der Waals surface area contributed by atoms with Crippen molar-refractivity contribution >= 4 is 23.2 Å². The molecule has 0 atom stereocenters. The highest BCUT2D eigenvalue weighted by atomic mass is 32.1. The SMILES string of the molecule is Cc1ccc(C(=O)NCCC(=O)N2CCc3sccc3C2)cc1. The average molecular weight is 328 g/mol. The second-order valence-electron chi connectivity index (χ2n) is 5.81. The largest absolute Gasteiger partial charge is 0.352 e. The predicted molar refractivity (Wildman–Crippen MR) is 91.6 cm³/mol. The first-order valence-electron chi connectivity index (χ1n) is 7.81. The molecule has 0 unspecified atom stereocenters. The molecule has 23 heavy (non-hydrogen) atoms. The van der Waals surface area contributed by atoms with Crippen LogP contribution in [0, 0.1) is 6.92 Å². The van der Waals surface area contributed by atoms with Crippen LogP contribution in [0.25, 0.3) is 0 Å². The van der Waals surface area contributed by atoms with Crippen molar-refractivity contribution in [2.45, 2.75) is 26.3 Å². The summed E-state index contributed by atoms with van der Waals surface area (Å²) in [5.74, 6) is -0.0254. The molecule has 4 nitrogen and oxygen atoms in total. The molecule has 1 aromatic carbocycles. The maximum atomic E-state index is 12.3. The van der Waals surface area contributed by atoms with E-state index in [9.17, 15) is 9.59 Å². The van der Waals surface area contributed by atoms with Crippen molar-refractivity contribution in [1.82, 2.24) is 10.2 Å². The van der Waals surface area contributed by atoms with Gasteiger partial charge in [-0.25, -0.2) is 0 Å². The number of nitrogens with zero attached hydrogens (tertiary/aromatic N) is 1. The van der Waals surface area contributed by atoms with Crippen molar-refractivity contribution < 1.29 is 9.59 Å². The number of carbonyl (C=O) groups is 2. The van der Waals surface area contributed by atoms with Crippen molar-refractivity contribution in [3.63, 3.8) is 0 Å². The molecule has 2 heterocycles. The summed E-state index contributed by atoms with van der Waals surface area (Å²) in [5.41, 5.74) is 3.01. The van der Waals surface area contributed by atoms with E-state index in [0.29, 0.717) is 25.1 Å². The summed E-state index contributed by atoms with van der Waals surface area (Å²) >= 11 is 1.76. The van der Waals surface area contributed by atoms with Crippen LogP contribution in [0.2, 0.25) is 0 Å². The molecule has 0 radical (unpaired) electrons. The predicted octanol–water partition coefficient (Wildman–Crippen LogP) is 2.76. The third-order valence-corrected chi connectivity index (χ3v) is 5.12. The molecule has 0 saturated heterocycles. The molecular weight excluding hydrogens is 308 g/mol. The topological polar surface area (TPSA) is 49.4 Å². The number of benzene rings is 1. The Kier molecular flexibility index (Phi) is 4.76. The number of carbonyl (C=O) groups excluding carboxylic acids is 2. The summed E-state index contributed by atoms with van der Waals surface area (Å²) in [6, 6.07) is 9.52. The number of hydrogen-bond donors (Lipinski definition) is 1. The maximum Gasteiger partial charge on any atom is 0.251 e. The van der Waals surface area contributed by atoms with Gasteiger partial charge in [-0.15, -0.1) is 11.3 Å². The van der Waals surface area contributed by atoms with Crippen LogP contribution < -0.4 is 5.32 Å². The van der Waals surface area contributed by atoms with E-state index in [0.717, 1.165) is 18.5 Å². The highest BCUT2D eigenvalue weighted by Gasteiger charge is 2.21. The first kappa shape index (κ1) is 15.7. The fraction of sp³-hybridized carbons (Fsp3) is 0.333. The monoisotopic (exact) mass is 328 g/mol. The molecule has 3 rings (SSSR count). The molecule has 0 aliphatic carbocycles. The second kappa shape index (κ2) is 6.96. The zero-order chi connectivity index (χ0) is 16.2. The van der Waals surface area contributed by atoms with Gasteiger partial charge in [0.05, 0.1) is 0 Å². The van der Waals surface area contributed by atoms with Gasteiger partial charge in [-0.3, -0.25) is 9.59 Å². The molecule has 1 aliphatic rings. The molecule has 1 aliphatic heterocycles. The highest BCUT2D eigenvalue weighted by molar-refractivity contribution is 7.10. The Bertz CT molecular complexity index is 706. The van der Waals surface area contributed by atoms with Crippen LogP contribution in [0.1, 0.15) is 32.8 Å². The van der Waals surface area contributed by atoms with Crippen molar-refractivity contribution in [3.05, 3.63) is 57.3 Å². The number of hydrogen-bond acceptors (Lipinski definition) is 3. The van der Waals surface area contributed by atoms with Gasteiger partial charge in [0.15, 0.2) is 0 Å². The molecule has 0 spiro atoms. The lowest BCUT2D eigenvalue weighted by molar-refractivity contribution is -0.131. The van der Waals surface area contributed by atoms with E-state index in [1.165, 1.54) is 10.4 Å².